The van der Waals surface area contributed by atoms with E-state index in [2.05, 4.69) is 49.0 Å². The average molecular weight is 234 g/mol. The van der Waals surface area contributed by atoms with Gasteiger partial charge in [0.05, 0.1) is 0 Å². The highest BCUT2D eigenvalue weighted by molar-refractivity contribution is 7.99. The molecule has 2 rings (SSSR count). The van der Waals surface area contributed by atoms with E-state index in [0.29, 0.717) is 5.92 Å². The lowest BCUT2D eigenvalue weighted by atomic mass is 10.0. The van der Waals surface area contributed by atoms with Gasteiger partial charge in [0.1, 0.15) is 0 Å². The molecule has 0 nitrogen and oxygen atoms in total. The molecular formula is C15H22S. The van der Waals surface area contributed by atoms with Crippen LogP contribution in [0.25, 0.3) is 0 Å². The third kappa shape index (κ3) is 3.55. The predicted octanol–water partition coefficient (Wildman–Crippen LogP) is 4.86. The van der Waals surface area contributed by atoms with Gasteiger partial charge in [0.15, 0.2) is 0 Å². The van der Waals surface area contributed by atoms with Crippen molar-refractivity contribution >= 4 is 11.8 Å². The minimum absolute atomic E-state index is 0.702. The van der Waals surface area contributed by atoms with Crippen molar-refractivity contribution < 1.29 is 0 Å². The number of hydrogen-bond acceptors (Lipinski definition) is 1. The fourth-order valence-electron chi connectivity index (χ4n) is 2.39. The first-order valence-electron chi connectivity index (χ1n) is 6.53. The van der Waals surface area contributed by atoms with E-state index in [4.69, 9.17) is 0 Å². The van der Waals surface area contributed by atoms with Crippen LogP contribution in [-0.2, 0) is 0 Å². The fourth-order valence-corrected chi connectivity index (χ4v) is 3.81. The third-order valence-corrected chi connectivity index (χ3v) is 5.14. The molecule has 1 heteroatoms. The van der Waals surface area contributed by atoms with Gasteiger partial charge < -0.3 is 0 Å². The maximum atomic E-state index is 2.35. The van der Waals surface area contributed by atoms with Crippen LogP contribution in [0.15, 0.2) is 30.3 Å². The maximum absolute atomic E-state index is 2.35. The second-order valence-electron chi connectivity index (χ2n) is 4.91. The van der Waals surface area contributed by atoms with Crippen LogP contribution in [0.5, 0.6) is 0 Å². The predicted molar refractivity (Wildman–Crippen MR) is 74.2 cm³/mol. The van der Waals surface area contributed by atoms with Crippen molar-refractivity contribution in [3.63, 3.8) is 0 Å². The quantitative estimate of drug-likeness (QED) is 0.717. The number of hydrogen-bond donors (Lipinski definition) is 0. The van der Waals surface area contributed by atoms with E-state index in [1.54, 1.807) is 0 Å². The molecule has 1 atom stereocenters. The minimum Gasteiger partial charge on any atom is -0.158 e. The van der Waals surface area contributed by atoms with E-state index in [-0.39, 0.29) is 0 Å². The SMILES string of the molecule is CC(CSC1CCCCC1)c1ccccc1. The first-order chi connectivity index (χ1) is 7.86. The molecule has 0 amide bonds. The smallest absolute Gasteiger partial charge is 0.00472 e. The molecule has 0 N–H and O–H groups in total. The van der Waals surface area contributed by atoms with Gasteiger partial charge in [-0.3, -0.25) is 0 Å². The number of benzene rings is 1. The average Bonchev–Trinajstić information content (AvgIpc) is 2.38. The Balaban J connectivity index is 1.77. The molecule has 1 aliphatic carbocycles. The Morgan fingerprint density at radius 2 is 1.81 bits per heavy atom. The van der Waals surface area contributed by atoms with Crippen LogP contribution in [0.3, 0.4) is 0 Å². The van der Waals surface area contributed by atoms with Gasteiger partial charge in [-0.25, -0.2) is 0 Å². The van der Waals surface area contributed by atoms with Gasteiger partial charge in [-0.15, -0.1) is 0 Å². The monoisotopic (exact) mass is 234 g/mol. The van der Waals surface area contributed by atoms with Gasteiger partial charge in [0, 0.05) is 11.0 Å². The van der Waals surface area contributed by atoms with Gasteiger partial charge in [-0.05, 0) is 24.3 Å². The molecule has 1 fully saturated rings. The summed E-state index contributed by atoms with van der Waals surface area (Å²) in [6.45, 7) is 2.35. The topological polar surface area (TPSA) is 0 Å². The molecule has 0 heterocycles. The molecule has 1 aromatic carbocycles. The molecule has 0 saturated heterocycles. The second-order valence-corrected chi connectivity index (χ2v) is 6.24. The van der Waals surface area contributed by atoms with E-state index < -0.39 is 0 Å². The van der Waals surface area contributed by atoms with Crippen molar-refractivity contribution in [1.29, 1.82) is 0 Å². The van der Waals surface area contributed by atoms with Gasteiger partial charge >= 0.3 is 0 Å². The summed E-state index contributed by atoms with van der Waals surface area (Å²) >= 11 is 2.20. The van der Waals surface area contributed by atoms with Crippen LogP contribution in [0.2, 0.25) is 0 Å². The lowest BCUT2D eigenvalue weighted by Crippen LogP contribution is -2.10. The van der Waals surface area contributed by atoms with Crippen molar-refractivity contribution in [3.05, 3.63) is 35.9 Å². The zero-order valence-corrected chi connectivity index (χ0v) is 11.0. The lowest BCUT2D eigenvalue weighted by molar-refractivity contribution is 0.515. The zero-order valence-electron chi connectivity index (χ0n) is 10.2. The molecule has 16 heavy (non-hydrogen) atoms. The molecule has 1 aromatic rings. The van der Waals surface area contributed by atoms with Crippen LogP contribution in [0.1, 0.15) is 50.5 Å². The highest BCUT2D eigenvalue weighted by Gasteiger charge is 2.15. The van der Waals surface area contributed by atoms with E-state index in [0.717, 1.165) is 5.25 Å². The van der Waals surface area contributed by atoms with E-state index in [9.17, 15) is 0 Å². The Kier molecular flexibility index (Phi) is 4.77. The van der Waals surface area contributed by atoms with E-state index in [1.807, 2.05) is 0 Å². The highest BCUT2D eigenvalue weighted by atomic mass is 32.2. The Morgan fingerprint density at radius 3 is 2.50 bits per heavy atom. The summed E-state index contributed by atoms with van der Waals surface area (Å²) in [6.07, 6.45) is 7.28. The fraction of sp³-hybridized carbons (Fsp3) is 0.600. The Bertz CT molecular complexity index is 288. The van der Waals surface area contributed by atoms with Gasteiger partial charge in [0.2, 0.25) is 0 Å². The summed E-state index contributed by atoms with van der Waals surface area (Å²) in [6, 6.07) is 10.9. The van der Waals surface area contributed by atoms with Gasteiger partial charge in [-0.2, -0.15) is 11.8 Å². The van der Waals surface area contributed by atoms with Crippen LogP contribution in [-0.4, -0.2) is 11.0 Å². The van der Waals surface area contributed by atoms with Crippen molar-refractivity contribution in [3.8, 4) is 0 Å². The Morgan fingerprint density at radius 1 is 1.12 bits per heavy atom. The lowest BCUT2D eigenvalue weighted by Gasteiger charge is -2.22. The van der Waals surface area contributed by atoms with Crippen LogP contribution >= 0.6 is 11.8 Å². The van der Waals surface area contributed by atoms with Crippen LogP contribution in [0.4, 0.5) is 0 Å². The van der Waals surface area contributed by atoms with Gasteiger partial charge in [0.25, 0.3) is 0 Å². The molecule has 0 bridgehead atoms. The van der Waals surface area contributed by atoms with Crippen LogP contribution in [0, 0.1) is 0 Å². The molecule has 1 unspecified atom stereocenters. The summed E-state index contributed by atoms with van der Waals surface area (Å²) in [5, 5.41) is 0.944. The van der Waals surface area contributed by atoms with Crippen molar-refractivity contribution in [1.82, 2.24) is 0 Å². The molecule has 1 saturated carbocycles. The first-order valence-corrected chi connectivity index (χ1v) is 7.57. The minimum atomic E-state index is 0.702. The van der Waals surface area contributed by atoms with E-state index >= 15 is 0 Å². The molecule has 0 aliphatic heterocycles. The van der Waals surface area contributed by atoms with Crippen molar-refractivity contribution in [2.75, 3.05) is 5.75 Å². The number of thioether (sulfide) groups is 1. The first kappa shape index (κ1) is 12.0. The third-order valence-electron chi connectivity index (χ3n) is 3.50. The zero-order chi connectivity index (χ0) is 11.2. The highest BCUT2D eigenvalue weighted by Crippen LogP contribution is 2.31. The Hall–Kier alpha value is -0.430. The summed E-state index contributed by atoms with van der Waals surface area (Å²) in [4.78, 5) is 0. The largest absolute Gasteiger partial charge is 0.158 e. The molecule has 0 radical (unpaired) electrons. The summed E-state index contributed by atoms with van der Waals surface area (Å²) < 4.78 is 0. The summed E-state index contributed by atoms with van der Waals surface area (Å²) in [7, 11) is 0. The molecule has 1 aliphatic rings. The summed E-state index contributed by atoms with van der Waals surface area (Å²) in [5.41, 5.74) is 1.49. The summed E-state index contributed by atoms with van der Waals surface area (Å²) in [5.74, 6) is 1.99. The Labute approximate surface area is 104 Å². The van der Waals surface area contributed by atoms with Crippen molar-refractivity contribution in [2.45, 2.75) is 50.2 Å². The normalized spacial score (nSPS) is 19.6. The van der Waals surface area contributed by atoms with Crippen LogP contribution < -0.4 is 0 Å². The number of rotatable bonds is 4. The van der Waals surface area contributed by atoms with E-state index in [1.165, 1.54) is 43.4 Å². The molecule has 0 aromatic heterocycles. The molecule has 88 valence electrons. The maximum Gasteiger partial charge on any atom is 0.00472 e. The molecule has 0 spiro atoms. The van der Waals surface area contributed by atoms with Crippen molar-refractivity contribution in [2.24, 2.45) is 0 Å². The standard InChI is InChI=1S/C15H22S/c1-13(14-8-4-2-5-9-14)12-16-15-10-6-3-7-11-15/h2,4-5,8-9,13,15H,3,6-7,10-12H2,1H3. The second kappa shape index (κ2) is 6.34. The van der Waals surface area contributed by atoms with Gasteiger partial charge in [-0.1, -0.05) is 56.5 Å². The molecular weight excluding hydrogens is 212 g/mol.